The maximum atomic E-state index is 13.4. The van der Waals surface area contributed by atoms with E-state index in [-0.39, 0.29) is 34.3 Å². The summed E-state index contributed by atoms with van der Waals surface area (Å²) in [6, 6.07) is 6.52. The quantitative estimate of drug-likeness (QED) is 0.414. The van der Waals surface area contributed by atoms with Crippen molar-refractivity contribution in [2.45, 2.75) is 25.9 Å². The summed E-state index contributed by atoms with van der Waals surface area (Å²) in [6.07, 6.45) is -0.439. The van der Waals surface area contributed by atoms with Gasteiger partial charge in [-0.3, -0.25) is 9.36 Å². The third-order valence-corrected chi connectivity index (χ3v) is 7.39. The number of aromatic carboxylic acids is 1. The molecule has 1 aliphatic carbocycles. The van der Waals surface area contributed by atoms with Crippen LogP contribution < -0.4 is 21.1 Å². The van der Waals surface area contributed by atoms with Gasteiger partial charge in [0.25, 0.3) is 5.56 Å². The molecular formula is C25H27ClN6O5. The van der Waals surface area contributed by atoms with Crippen molar-refractivity contribution in [2.75, 3.05) is 30.4 Å². The number of alkyl carbamates (subject to hydrolysis) is 1. The third kappa shape index (κ3) is 4.43. The number of rotatable bonds is 6. The minimum Gasteiger partial charge on any atom is -0.476 e. The number of carboxylic acids is 1. The number of fused-ring (bicyclic) bond motifs is 2. The Morgan fingerprint density at radius 3 is 2.57 bits per heavy atom. The second-order valence-corrected chi connectivity index (χ2v) is 10.0. The third-order valence-electron chi connectivity index (χ3n) is 7.18. The van der Waals surface area contributed by atoms with Crippen LogP contribution >= 0.6 is 11.6 Å². The van der Waals surface area contributed by atoms with E-state index in [2.05, 4.69) is 20.5 Å². The maximum Gasteiger partial charge on any atom is 0.407 e. The second kappa shape index (κ2) is 9.22. The molecule has 2 aliphatic rings. The zero-order valence-electron chi connectivity index (χ0n) is 20.8. The molecule has 37 heavy (non-hydrogen) atoms. The summed E-state index contributed by atoms with van der Waals surface area (Å²) in [7, 11) is 3.05. The van der Waals surface area contributed by atoms with Gasteiger partial charge in [0, 0.05) is 43.6 Å². The first-order valence-corrected chi connectivity index (χ1v) is 12.2. The molecule has 1 aliphatic heterocycles. The lowest BCUT2D eigenvalue weighted by Crippen LogP contribution is -2.37. The number of aryl methyl sites for hydroxylation is 1. The number of aromatic nitrogens is 3. The van der Waals surface area contributed by atoms with Gasteiger partial charge in [0.2, 0.25) is 5.95 Å². The smallest absolute Gasteiger partial charge is 0.407 e. The summed E-state index contributed by atoms with van der Waals surface area (Å²) >= 11 is 5.90. The number of nitrogens with one attached hydrogen (secondary N) is 2. The number of carbonyl (C=O) groups is 2. The Labute approximate surface area is 217 Å². The number of anilines is 2. The Balaban J connectivity index is 1.49. The van der Waals surface area contributed by atoms with Crippen molar-refractivity contribution in [3.05, 3.63) is 56.6 Å². The standard InChI is InChI=1S/C25H27ClN6O5/c1-11-7-13(12(2)27-17-5-6-18(26)28-21(17)23(34)35)19-14(8-11)22(33)31(3)24(29-19)32-9-15-16(10-32)20(15)30-25(36)37-4/h5-8,12,15-16,20,27H,9-10H2,1-4H3,(H,30,36)(H,34,35)/t12-,15-,16+,20?/m0/s1. The topological polar surface area (TPSA) is 139 Å². The van der Waals surface area contributed by atoms with Gasteiger partial charge in [0.15, 0.2) is 5.69 Å². The van der Waals surface area contributed by atoms with Crippen LogP contribution in [0.15, 0.2) is 29.1 Å². The van der Waals surface area contributed by atoms with Gasteiger partial charge in [-0.05, 0) is 37.6 Å². The largest absolute Gasteiger partial charge is 0.476 e. The summed E-state index contributed by atoms with van der Waals surface area (Å²) in [5.41, 5.74) is 2.15. The number of nitrogens with zero attached hydrogens (tertiary/aromatic N) is 4. The summed E-state index contributed by atoms with van der Waals surface area (Å²) in [6.45, 7) is 5.11. The lowest BCUT2D eigenvalue weighted by molar-refractivity contribution is 0.0691. The highest BCUT2D eigenvalue weighted by molar-refractivity contribution is 6.29. The van der Waals surface area contributed by atoms with Crippen molar-refractivity contribution >= 4 is 46.2 Å². The molecular weight excluding hydrogens is 500 g/mol. The molecule has 1 saturated heterocycles. The molecule has 0 radical (unpaired) electrons. The van der Waals surface area contributed by atoms with E-state index in [1.807, 2.05) is 26.0 Å². The number of halogens is 1. The van der Waals surface area contributed by atoms with E-state index < -0.39 is 18.1 Å². The van der Waals surface area contributed by atoms with Crippen LogP contribution in [0.1, 0.15) is 34.6 Å². The van der Waals surface area contributed by atoms with Gasteiger partial charge in [-0.1, -0.05) is 17.7 Å². The van der Waals surface area contributed by atoms with Crippen LogP contribution in [-0.4, -0.2) is 57.9 Å². The average molecular weight is 527 g/mol. The molecule has 3 aromatic rings. The van der Waals surface area contributed by atoms with Crippen LogP contribution in [0.25, 0.3) is 10.9 Å². The number of benzene rings is 1. The first kappa shape index (κ1) is 24.8. The zero-order chi connectivity index (χ0) is 26.6. The number of pyridine rings is 1. The number of amides is 1. The van der Waals surface area contributed by atoms with Crippen LogP contribution in [0.2, 0.25) is 5.15 Å². The number of hydrogen-bond acceptors (Lipinski definition) is 8. The molecule has 1 amide bonds. The van der Waals surface area contributed by atoms with E-state index in [1.165, 1.54) is 13.2 Å². The molecule has 0 bridgehead atoms. The first-order valence-electron chi connectivity index (χ1n) is 11.9. The van der Waals surface area contributed by atoms with Gasteiger partial charge >= 0.3 is 12.1 Å². The van der Waals surface area contributed by atoms with Gasteiger partial charge in [0.1, 0.15) is 5.15 Å². The van der Waals surface area contributed by atoms with Crippen LogP contribution in [0.5, 0.6) is 0 Å². The average Bonchev–Trinajstić information content (AvgIpc) is 3.28. The van der Waals surface area contributed by atoms with Gasteiger partial charge in [-0.25, -0.2) is 19.6 Å². The van der Waals surface area contributed by atoms with Crippen molar-refractivity contribution < 1.29 is 19.4 Å². The molecule has 4 atom stereocenters. The van der Waals surface area contributed by atoms with Crippen LogP contribution in [0.4, 0.5) is 16.4 Å². The lowest BCUT2D eigenvalue weighted by atomic mass is 10.0. The molecule has 3 heterocycles. The summed E-state index contributed by atoms with van der Waals surface area (Å²) in [5.74, 6) is -0.0976. The fraction of sp³-hybridized carbons (Fsp3) is 0.400. The highest BCUT2D eigenvalue weighted by Crippen LogP contribution is 2.46. The molecule has 1 aromatic carbocycles. The number of ether oxygens (including phenoxy) is 1. The molecule has 11 nitrogen and oxygen atoms in total. The Morgan fingerprint density at radius 1 is 1.22 bits per heavy atom. The number of carboxylic acid groups (broad SMARTS) is 1. The van der Waals surface area contributed by atoms with E-state index in [0.717, 1.165) is 11.1 Å². The molecule has 3 N–H and O–H groups in total. The summed E-state index contributed by atoms with van der Waals surface area (Å²) in [5, 5.41) is 16.2. The molecule has 5 rings (SSSR count). The normalized spacial score (nSPS) is 20.9. The summed E-state index contributed by atoms with van der Waals surface area (Å²) < 4.78 is 6.26. The molecule has 1 unspecified atom stereocenters. The monoisotopic (exact) mass is 526 g/mol. The van der Waals surface area contributed by atoms with Crippen LogP contribution in [-0.2, 0) is 11.8 Å². The molecule has 2 aromatic heterocycles. The van der Waals surface area contributed by atoms with Crippen molar-refractivity contribution in [1.29, 1.82) is 0 Å². The first-order chi connectivity index (χ1) is 17.6. The molecule has 2 fully saturated rings. The molecule has 194 valence electrons. The van der Waals surface area contributed by atoms with Crippen molar-refractivity contribution in [3.8, 4) is 0 Å². The Morgan fingerprint density at radius 2 is 1.92 bits per heavy atom. The lowest BCUT2D eigenvalue weighted by Gasteiger charge is -2.25. The maximum absolute atomic E-state index is 13.4. The van der Waals surface area contributed by atoms with E-state index >= 15 is 0 Å². The number of carbonyl (C=O) groups excluding carboxylic acids is 1. The van der Waals surface area contributed by atoms with E-state index in [0.29, 0.717) is 35.6 Å². The van der Waals surface area contributed by atoms with Crippen molar-refractivity contribution in [3.63, 3.8) is 0 Å². The van der Waals surface area contributed by atoms with Gasteiger partial charge in [-0.2, -0.15) is 0 Å². The van der Waals surface area contributed by atoms with Gasteiger partial charge in [-0.15, -0.1) is 0 Å². The van der Waals surface area contributed by atoms with E-state index in [1.54, 1.807) is 17.7 Å². The Bertz CT molecular complexity index is 1480. The zero-order valence-corrected chi connectivity index (χ0v) is 21.5. The second-order valence-electron chi connectivity index (χ2n) is 9.62. The Hall–Kier alpha value is -3.86. The van der Waals surface area contributed by atoms with Crippen molar-refractivity contribution in [1.82, 2.24) is 19.9 Å². The fourth-order valence-electron chi connectivity index (χ4n) is 5.28. The minimum absolute atomic E-state index is 0.0695. The fourth-order valence-corrected chi connectivity index (χ4v) is 5.43. The van der Waals surface area contributed by atoms with Crippen LogP contribution in [0.3, 0.4) is 0 Å². The predicted octanol–water partition coefficient (Wildman–Crippen LogP) is 2.95. The Kier molecular flexibility index (Phi) is 6.18. The number of methoxy groups -OCH3 is 1. The number of piperidine rings is 1. The van der Waals surface area contributed by atoms with E-state index in [9.17, 15) is 19.5 Å². The SMILES string of the molecule is COC(=O)NC1[C@H]2CN(c3nc4c([C@H](C)Nc5ccc(Cl)nc5C(=O)O)cc(C)cc4c(=O)n3C)C[C@@H]12. The van der Waals surface area contributed by atoms with Gasteiger partial charge < -0.3 is 25.4 Å². The minimum atomic E-state index is -1.20. The number of hydrogen-bond donors (Lipinski definition) is 3. The van der Waals surface area contributed by atoms with Gasteiger partial charge in [0.05, 0.1) is 29.7 Å². The highest BCUT2D eigenvalue weighted by atomic mass is 35.5. The highest BCUT2D eigenvalue weighted by Gasteiger charge is 2.57. The molecule has 1 saturated carbocycles. The molecule has 12 heteroatoms. The molecule has 0 spiro atoms. The van der Waals surface area contributed by atoms with Crippen LogP contribution in [0, 0.1) is 18.8 Å². The predicted molar refractivity (Wildman–Crippen MR) is 138 cm³/mol. The van der Waals surface area contributed by atoms with Crippen molar-refractivity contribution in [2.24, 2.45) is 18.9 Å². The van der Waals surface area contributed by atoms with E-state index in [4.69, 9.17) is 21.3 Å². The summed E-state index contributed by atoms with van der Waals surface area (Å²) in [4.78, 5) is 47.6.